The van der Waals surface area contributed by atoms with Crippen molar-refractivity contribution in [2.45, 2.75) is 10.2 Å². The number of halogens is 1. The summed E-state index contributed by atoms with van der Waals surface area (Å²) in [7, 11) is 0. The van der Waals surface area contributed by atoms with E-state index in [4.69, 9.17) is 0 Å². The van der Waals surface area contributed by atoms with Crippen molar-refractivity contribution >= 4 is 45.0 Å². The van der Waals surface area contributed by atoms with Gasteiger partial charge in [-0.3, -0.25) is 14.4 Å². The molecule has 6 heteroatoms. The minimum atomic E-state index is -0.802. The van der Waals surface area contributed by atoms with Crippen molar-refractivity contribution in [3.8, 4) is 0 Å². The number of rotatable bonds is 3. The van der Waals surface area contributed by atoms with Crippen molar-refractivity contribution in [2.75, 3.05) is 10.2 Å². The summed E-state index contributed by atoms with van der Waals surface area (Å²) in [5.74, 6) is -2.10. The molecule has 5 nitrogen and oxygen atoms in total. The number of imide groups is 1. The first-order chi connectivity index (χ1) is 18.0. The minimum Gasteiger partial charge on any atom is -0.322 e. The van der Waals surface area contributed by atoms with Crippen LogP contribution in [-0.2, 0) is 13.9 Å². The largest absolute Gasteiger partial charge is 0.322 e. The van der Waals surface area contributed by atoms with Gasteiger partial charge < -0.3 is 5.32 Å². The molecule has 0 spiro atoms. The molecular weight excluding hydrogens is 528 g/mol. The van der Waals surface area contributed by atoms with E-state index in [1.165, 1.54) is 4.90 Å². The van der Waals surface area contributed by atoms with Crippen molar-refractivity contribution in [1.29, 1.82) is 0 Å². The molecule has 37 heavy (non-hydrogen) atoms. The Morgan fingerprint density at radius 1 is 0.757 bits per heavy atom. The van der Waals surface area contributed by atoms with Gasteiger partial charge in [-0.2, -0.15) is 0 Å². The van der Waals surface area contributed by atoms with Crippen LogP contribution in [0.1, 0.15) is 38.5 Å². The van der Waals surface area contributed by atoms with E-state index in [0.29, 0.717) is 16.9 Å². The van der Waals surface area contributed by atoms with Crippen LogP contribution in [0.2, 0.25) is 0 Å². The molecule has 4 aromatic rings. The lowest BCUT2D eigenvalue weighted by molar-refractivity contribution is -0.122. The zero-order valence-electron chi connectivity index (χ0n) is 19.6. The van der Waals surface area contributed by atoms with Crippen molar-refractivity contribution in [1.82, 2.24) is 0 Å². The molecule has 0 radical (unpaired) electrons. The number of hydrogen-bond donors (Lipinski definition) is 1. The molecular formula is C31H21BrN2O3. The molecule has 1 saturated heterocycles. The molecule has 1 heterocycles. The molecule has 180 valence electrons. The smallest absolute Gasteiger partial charge is 0.255 e. The van der Waals surface area contributed by atoms with E-state index in [-0.39, 0.29) is 23.6 Å². The van der Waals surface area contributed by atoms with Crippen molar-refractivity contribution in [3.63, 3.8) is 0 Å². The fourth-order valence-electron chi connectivity index (χ4n) is 6.44. The van der Waals surface area contributed by atoms with E-state index in [1.807, 2.05) is 42.5 Å². The number of alkyl halides is 1. The Kier molecular flexibility index (Phi) is 4.79. The molecule has 1 fully saturated rings. The van der Waals surface area contributed by atoms with Crippen LogP contribution < -0.4 is 10.2 Å². The van der Waals surface area contributed by atoms with Gasteiger partial charge in [0.1, 0.15) is 0 Å². The highest BCUT2D eigenvalue weighted by Crippen LogP contribution is 2.66. The number of nitrogens with one attached hydrogen (secondary N) is 1. The second kappa shape index (κ2) is 7.98. The van der Waals surface area contributed by atoms with Gasteiger partial charge in [-0.15, -0.1) is 0 Å². The van der Waals surface area contributed by atoms with E-state index in [2.05, 4.69) is 45.5 Å². The Balaban J connectivity index is 1.31. The highest BCUT2D eigenvalue weighted by molar-refractivity contribution is 9.09. The SMILES string of the molecule is O=C(Nc1ccccc1)c1cccc(N2C(=O)[C@H]3C4c5ccccc5C(Br)(c5ccccc54)[C@H]3C2=O)c1. The predicted molar refractivity (Wildman–Crippen MR) is 145 cm³/mol. The molecule has 3 aliphatic carbocycles. The number of hydrogen-bond acceptors (Lipinski definition) is 3. The Morgan fingerprint density at radius 3 is 2.05 bits per heavy atom. The van der Waals surface area contributed by atoms with Crippen LogP contribution in [0, 0.1) is 11.8 Å². The van der Waals surface area contributed by atoms with E-state index in [1.54, 1.807) is 36.4 Å². The average Bonchev–Trinajstić information content (AvgIpc) is 3.20. The van der Waals surface area contributed by atoms with Crippen LogP contribution in [0.4, 0.5) is 11.4 Å². The van der Waals surface area contributed by atoms with Crippen LogP contribution in [-0.4, -0.2) is 17.7 Å². The third kappa shape index (κ3) is 2.99. The summed E-state index contributed by atoms with van der Waals surface area (Å²) >= 11 is 4.02. The van der Waals surface area contributed by atoms with Gasteiger partial charge in [-0.05, 0) is 52.6 Å². The standard InChI is InChI=1S/C31H21BrN2O3/c32-31-23-15-6-4-13-21(23)25(22-14-5-7-16-24(22)31)26-27(31)30(37)34(29(26)36)20-12-8-9-18(17-20)28(35)33-19-10-2-1-3-11-19/h1-17,25-27H,(H,33,35)/t25?,26-,27+,31?/m0/s1. The van der Waals surface area contributed by atoms with E-state index in [0.717, 1.165) is 22.3 Å². The van der Waals surface area contributed by atoms with Crippen molar-refractivity contribution in [3.05, 3.63) is 131 Å². The highest BCUT2D eigenvalue weighted by atomic mass is 79.9. The van der Waals surface area contributed by atoms with E-state index in [9.17, 15) is 14.4 Å². The first-order valence-electron chi connectivity index (χ1n) is 12.2. The van der Waals surface area contributed by atoms with Crippen LogP contribution in [0.3, 0.4) is 0 Å². The Hall–Kier alpha value is -4.03. The van der Waals surface area contributed by atoms with Crippen molar-refractivity contribution < 1.29 is 14.4 Å². The lowest BCUT2D eigenvalue weighted by atomic mass is 9.55. The Bertz CT molecular complexity index is 1570. The number of anilines is 2. The third-order valence-corrected chi connectivity index (χ3v) is 9.26. The first-order valence-corrected chi connectivity index (χ1v) is 13.0. The number of amides is 3. The highest BCUT2D eigenvalue weighted by Gasteiger charge is 2.67. The van der Waals surface area contributed by atoms with Gasteiger partial charge in [0.15, 0.2) is 0 Å². The molecule has 3 amide bonds. The van der Waals surface area contributed by atoms with Gasteiger partial charge >= 0.3 is 0 Å². The molecule has 1 aliphatic heterocycles. The average molecular weight is 549 g/mol. The zero-order chi connectivity index (χ0) is 25.3. The topological polar surface area (TPSA) is 66.5 Å². The summed E-state index contributed by atoms with van der Waals surface area (Å²) in [6.07, 6.45) is 0. The Morgan fingerprint density at radius 2 is 1.38 bits per heavy atom. The van der Waals surface area contributed by atoms with Crippen molar-refractivity contribution in [2.24, 2.45) is 11.8 Å². The van der Waals surface area contributed by atoms with Gasteiger partial charge in [0.05, 0.1) is 21.8 Å². The fourth-order valence-corrected chi connectivity index (χ4v) is 7.65. The number of carbonyl (C=O) groups is 3. The lowest BCUT2D eigenvalue weighted by Crippen LogP contribution is -2.50. The molecule has 0 aromatic heterocycles. The monoisotopic (exact) mass is 548 g/mol. The summed E-state index contributed by atoms with van der Waals surface area (Å²) < 4.78 is -0.802. The number of para-hydroxylation sites is 1. The third-order valence-electron chi connectivity index (χ3n) is 7.91. The molecule has 8 rings (SSSR count). The quantitative estimate of drug-likeness (QED) is 0.258. The number of nitrogens with zero attached hydrogens (tertiary/aromatic N) is 1. The Labute approximate surface area is 222 Å². The van der Waals surface area contributed by atoms with Crippen LogP contribution in [0.25, 0.3) is 0 Å². The maximum atomic E-state index is 14.1. The summed E-state index contributed by atoms with van der Waals surface area (Å²) in [6, 6.07) is 32.1. The van der Waals surface area contributed by atoms with Gasteiger partial charge in [-0.1, -0.05) is 88.7 Å². The lowest BCUT2D eigenvalue weighted by Gasteiger charge is -2.51. The molecule has 1 N–H and O–H groups in total. The molecule has 4 aliphatic rings. The normalized spacial score (nSPS) is 24.9. The summed E-state index contributed by atoms with van der Waals surface area (Å²) in [5.41, 5.74) is 5.70. The van der Waals surface area contributed by atoms with Gasteiger partial charge in [0.2, 0.25) is 11.8 Å². The minimum absolute atomic E-state index is 0.206. The second-order valence-corrected chi connectivity index (χ2v) is 11.0. The molecule has 0 unspecified atom stereocenters. The van der Waals surface area contributed by atoms with Gasteiger partial charge in [0.25, 0.3) is 5.91 Å². The van der Waals surface area contributed by atoms with E-state index < -0.39 is 16.2 Å². The predicted octanol–water partition coefficient (Wildman–Crippen LogP) is 5.84. The molecule has 4 aromatic carbocycles. The molecule has 0 saturated carbocycles. The van der Waals surface area contributed by atoms with Gasteiger partial charge in [0, 0.05) is 17.2 Å². The summed E-state index contributed by atoms with van der Waals surface area (Å²) in [6.45, 7) is 0. The first kappa shape index (κ1) is 22.2. The molecule has 2 bridgehead atoms. The molecule has 2 atom stereocenters. The number of benzene rings is 4. The second-order valence-electron chi connectivity index (χ2n) is 9.75. The summed E-state index contributed by atoms with van der Waals surface area (Å²) in [4.78, 5) is 42.4. The maximum Gasteiger partial charge on any atom is 0.255 e. The number of carbonyl (C=O) groups excluding carboxylic acids is 3. The maximum absolute atomic E-state index is 14.1. The zero-order valence-corrected chi connectivity index (χ0v) is 21.2. The van der Waals surface area contributed by atoms with Crippen LogP contribution in [0.5, 0.6) is 0 Å². The van der Waals surface area contributed by atoms with Crippen LogP contribution in [0.15, 0.2) is 103 Å². The fraction of sp³-hybridized carbons (Fsp3) is 0.129. The van der Waals surface area contributed by atoms with Crippen LogP contribution >= 0.6 is 15.9 Å². The van der Waals surface area contributed by atoms with Gasteiger partial charge in [-0.25, -0.2) is 4.90 Å². The van der Waals surface area contributed by atoms with E-state index >= 15 is 0 Å². The summed E-state index contributed by atoms with van der Waals surface area (Å²) in [5, 5.41) is 2.87.